The number of methoxy groups -OCH3 is 1. The first kappa shape index (κ1) is 15.3. The maximum atomic E-state index is 12.2. The fourth-order valence-corrected chi connectivity index (χ4v) is 3.11. The second-order valence-corrected chi connectivity index (χ2v) is 5.63. The molecule has 0 N–H and O–H groups in total. The Hall–Kier alpha value is -2.62. The normalized spacial score (nSPS) is 11.1. The molecule has 0 saturated carbocycles. The molecule has 0 aliphatic carbocycles. The van der Waals surface area contributed by atoms with Crippen LogP contribution < -0.4 is 0 Å². The largest absolute Gasteiger partial charge is 0.465 e. The van der Waals surface area contributed by atoms with Gasteiger partial charge in [0.05, 0.1) is 12.7 Å². The SMILES string of the molecule is CCCn1c2ccc(C(C)=O)cc2c2c(C(=O)OC)cccc21. The van der Waals surface area contributed by atoms with Gasteiger partial charge in [-0.2, -0.15) is 0 Å². The van der Waals surface area contributed by atoms with Gasteiger partial charge < -0.3 is 9.30 Å². The molecule has 0 unspecified atom stereocenters. The van der Waals surface area contributed by atoms with Crippen molar-refractivity contribution >= 4 is 33.6 Å². The van der Waals surface area contributed by atoms with E-state index in [1.807, 2.05) is 30.3 Å². The molecular weight excluding hydrogens is 290 g/mol. The number of aromatic nitrogens is 1. The van der Waals surface area contributed by atoms with Crippen molar-refractivity contribution in [3.05, 3.63) is 47.5 Å². The molecule has 23 heavy (non-hydrogen) atoms. The zero-order valence-electron chi connectivity index (χ0n) is 13.6. The summed E-state index contributed by atoms with van der Waals surface area (Å²) in [5, 5.41) is 1.77. The highest BCUT2D eigenvalue weighted by atomic mass is 16.5. The summed E-state index contributed by atoms with van der Waals surface area (Å²) in [4.78, 5) is 23.9. The fourth-order valence-electron chi connectivity index (χ4n) is 3.11. The Bertz CT molecular complexity index is 921. The van der Waals surface area contributed by atoms with E-state index in [2.05, 4.69) is 11.5 Å². The van der Waals surface area contributed by atoms with Crippen LogP contribution in [0.2, 0.25) is 0 Å². The van der Waals surface area contributed by atoms with Crippen LogP contribution in [0, 0.1) is 0 Å². The first-order valence-electron chi connectivity index (χ1n) is 7.72. The number of carbonyl (C=O) groups excluding carboxylic acids is 2. The van der Waals surface area contributed by atoms with Crippen LogP contribution in [0.4, 0.5) is 0 Å². The second kappa shape index (κ2) is 5.88. The molecule has 0 spiro atoms. The van der Waals surface area contributed by atoms with E-state index in [4.69, 9.17) is 4.74 Å². The molecule has 3 aromatic rings. The van der Waals surface area contributed by atoms with Crippen LogP contribution in [0.15, 0.2) is 36.4 Å². The quantitative estimate of drug-likeness (QED) is 0.536. The Morgan fingerprint density at radius 2 is 1.91 bits per heavy atom. The van der Waals surface area contributed by atoms with Crippen LogP contribution in [0.25, 0.3) is 21.8 Å². The lowest BCUT2D eigenvalue weighted by Gasteiger charge is -2.06. The van der Waals surface area contributed by atoms with Gasteiger partial charge >= 0.3 is 5.97 Å². The van der Waals surface area contributed by atoms with E-state index in [0.29, 0.717) is 11.1 Å². The molecule has 0 aliphatic rings. The molecule has 0 aliphatic heterocycles. The lowest BCUT2D eigenvalue weighted by atomic mass is 10.0. The number of ether oxygens (including phenoxy) is 1. The minimum Gasteiger partial charge on any atom is -0.465 e. The predicted molar refractivity (Wildman–Crippen MR) is 91.1 cm³/mol. The third kappa shape index (κ3) is 2.40. The van der Waals surface area contributed by atoms with E-state index < -0.39 is 0 Å². The number of Topliss-reactive ketones (excluding diaryl/α,β-unsaturated/α-hetero) is 1. The molecule has 4 heteroatoms. The third-order valence-electron chi connectivity index (χ3n) is 4.15. The minimum absolute atomic E-state index is 0.0128. The molecule has 0 saturated heterocycles. The van der Waals surface area contributed by atoms with Crippen LogP contribution in [-0.2, 0) is 11.3 Å². The fraction of sp³-hybridized carbons (Fsp3) is 0.263. The van der Waals surface area contributed by atoms with Crippen molar-refractivity contribution in [3.8, 4) is 0 Å². The number of hydrogen-bond acceptors (Lipinski definition) is 3. The Morgan fingerprint density at radius 1 is 1.13 bits per heavy atom. The van der Waals surface area contributed by atoms with Gasteiger partial charge in [0.25, 0.3) is 0 Å². The second-order valence-electron chi connectivity index (χ2n) is 5.63. The number of hydrogen-bond donors (Lipinski definition) is 0. The average molecular weight is 309 g/mol. The van der Waals surface area contributed by atoms with Gasteiger partial charge in [-0.05, 0) is 43.7 Å². The molecule has 0 atom stereocenters. The van der Waals surface area contributed by atoms with Crippen LogP contribution >= 0.6 is 0 Å². The van der Waals surface area contributed by atoms with E-state index in [-0.39, 0.29) is 11.8 Å². The average Bonchev–Trinajstić information content (AvgIpc) is 2.88. The maximum absolute atomic E-state index is 12.2. The topological polar surface area (TPSA) is 48.3 Å². The Balaban J connectivity index is 2.47. The third-order valence-corrected chi connectivity index (χ3v) is 4.15. The Labute approximate surface area is 134 Å². The number of rotatable bonds is 4. The molecule has 3 rings (SSSR count). The molecule has 4 nitrogen and oxygen atoms in total. The van der Waals surface area contributed by atoms with Gasteiger partial charge in [-0.25, -0.2) is 4.79 Å². The summed E-state index contributed by atoms with van der Waals surface area (Å²) in [6.45, 7) is 4.52. The molecule has 0 amide bonds. The number of nitrogens with zero attached hydrogens (tertiary/aromatic N) is 1. The predicted octanol–water partition coefficient (Wildman–Crippen LogP) is 4.19. The summed E-state index contributed by atoms with van der Waals surface area (Å²) in [7, 11) is 1.38. The number of ketones is 1. The number of fused-ring (bicyclic) bond motifs is 3. The van der Waals surface area contributed by atoms with Gasteiger partial charge in [-0.1, -0.05) is 13.0 Å². The van der Waals surface area contributed by atoms with Crippen molar-refractivity contribution in [2.75, 3.05) is 7.11 Å². The zero-order valence-corrected chi connectivity index (χ0v) is 13.6. The van der Waals surface area contributed by atoms with Gasteiger partial charge in [0.1, 0.15) is 0 Å². The van der Waals surface area contributed by atoms with E-state index in [9.17, 15) is 9.59 Å². The highest BCUT2D eigenvalue weighted by Crippen LogP contribution is 2.33. The molecule has 0 bridgehead atoms. The molecule has 1 aromatic heterocycles. The first-order valence-corrected chi connectivity index (χ1v) is 7.72. The molecule has 0 radical (unpaired) electrons. The van der Waals surface area contributed by atoms with Crippen molar-refractivity contribution in [3.63, 3.8) is 0 Å². The summed E-state index contributed by atoms with van der Waals surface area (Å²) < 4.78 is 7.12. The van der Waals surface area contributed by atoms with Crippen LogP contribution in [-0.4, -0.2) is 23.4 Å². The highest BCUT2D eigenvalue weighted by Gasteiger charge is 2.18. The van der Waals surface area contributed by atoms with Crippen LogP contribution in [0.3, 0.4) is 0 Å². The van der Waals surface area contributed by atoms with Gasteiger partial charge in [0.2, 0.25) is 0 Å². The van der Waals surface area contributed by atoms with Gasteiger partial charge in [-0.15, -0.1) is 0 Å². The number of carbonyl (C=O) groups is 2. The maximum Gasteiger partial charge on any atom is 0.338 e. The standard InChI is InChI=1S/C19H19NO3/c1-4-10-20-16-9-8-13(12(2)21)11-15(16)18-14(19(22)23-3)6-5-7-17(18)20/h5-9,11H,4,10H2,1-3H3. The Kier molecular flexibility index (Phi) is 3.90. The van der Waals surface area contributed by atoms with Crippen molar-refractivity contribution in [1.29, 1.82) is 0 Å². The lowest BCUT2D eigenvalue weighted by Crippen LogP contribution is -2.02. The molecule has 2 aromatic carbocycles. The van der Waals surface area contributed by atoms with Crippen molar-refractivity contribution in [2.24, 2.45) is 0 Å². The molecule has 1 heterocycles. The first-order chi connectivity index (χ1) is 11.1. The number of esters is 1. The van der Waals surface area contributed by atoms with Crippen LogP contribution in [0.5, 0.6) is 0 Å². The molecule has 118 valence electrons. The van der Waals surface area contributed by atoms with Crippen molar-refractivity contribution < 1.29 is 14.3 Å². The zero-order chi connectivity index (χ0) is 16.6. The van der Waals surface area contributed by atoms with E-state index >= 15 is 0 Å². The van der Waals surface area contributed by atoms with Gasteiger partial charge in [0, 0.05) is 33.9 Å². The van der Waals surface area contributed by atoms with E-state index in [1.165, 1.54) is 7.11 Å². The number of aryl methyl sites for hydroxylation is 1. The molecule has 0 fully saturated rings. The van der Waals surface area contributed by atoms with Gasteiger partial charge in [0.15, 0.2) is 5.78 Å². The van der Waals surface area contributed by atoms with E-state index in [0.717, 1.165) is 34.8 Å². The smallest absolute Gasteiger partial charge is 0.338 e. The summed E-state index contributed by atoms with van der Waals surface area (Å²) in [6, 6.07) is 11.3. The van der Waals surface area contributed by atoms with Gasteiger partial charge in [-0.3, -0.25) is 4.79 Å². The van der Waals surface area contributed by atoms with E-state index in [1.54, 1.807) is 13.0 Å². The highest BCUT2D eigenvalue weighted by molar-refractivity contribution is 6.18. The summed E-state index contributed by atoms with van der Waals surface area (Å²) >= 11 is 0. The summed E-state index contributed by atoms with van der Waals surface area (Å²) in [6.07, 6.45) is 0.982. The monoisotopic (exact) mass is 309 g/mol. The number of benzene rings is 2. The van der Waals surface area contributed by atoms with Crippen molar-refractivity contribution in [2.45, 2.75) is 26.8 Å². The lowest BCUT2D eigenvalue weighted by molar-refractivity contribution is 0.0603. The summed E-state index contributed by atoms with van der Waals surface area (Å²) in [5.41, 5.74) is 3.20. The van der Waals surface area contributed by atoms with Crippen molar-refractivity contribution in [1.82, 2.24) is 4.57 Å². The van der Waals surface area contributed by atoms with Crippen LogP contribution in [0.1, 0.15) is 41.0 Å². The Morgan fingerprint density at radius 3 is 2.57 bits per heavy atom. The minimum atomic E-state index is -0.362. The summed E-state index contributed by atoms with van der Waals surface area (Å²) in [5.74, 6) is -0.349. The molecular formula is C19H19NO3.